The molecule has 7 nitrogen and oxygen atoms in total. The topological polar surface area (TPSA) is 97.1 Å². The predicted molar refractivity (Wildman–Crippen MR) is 137 cm³/mol. The summed E-state index contributed by atoms with van der Waals surface area (Å²) in [4.78, 5) is 12.1. The van der Waals surface area contributed by atoms with Gasteiger partial charge in [0, 0.05) is 34.7 Å². The van der Waals surface area contributed by atoms with Crippen LogP contribution in [-0.2, 0) is 29.1 Å². The van der Waals surface area contributed by atoms with Gasteiger partial charge in [-0.05, 0) is 42.3 Å². The Morgan fingerprint density at radius 1 is 0.972 bits per heavy atom. The number of rotatable bonds is 9. The average Bonchev–Trinajstić information content (AvgIpc) is 3.55. The number of furan rings is 2. The highest BCUT2D eigenvalue weighted by Crippen LogP contribution is 2.38. The van der Waals surface area contributed by atoms with E-state index in [0.29, 0.717) is 24.7 Å². The predicted octanol–water partition coefficient (Wildman–Crippen LogP) is 6.00. The number of methoxy groups -OCH3 is 1. The standard InChI is InChI=1S/C29H27NO6/c1-3-33-27(31)12-20-7-8-22(32-2)13-26(20)35-16-21-17-36-29-23-9-10-34-28(23)24(14-25(21)29)19-6-4-5-18(11-19)15-30/h4-11,13-14,17H,3,12,15-16,30H2,1-2H3. The van der Waals surface area contributed by atoms with Crippen molar-refractivity contribution >= 4 is 27.9 Å². The van der Waals surface area contributed by atoms with E-state index in [0.717, 1.165) is 49.8 Å². The molecule has 5 aromatic rings. The van der Waals surface area contributed by atoms with Crippen molar-refractivity contribution in [3.63, 3.8) is 0 Å². The number of carbonyl (C=O) groups is 1. The first-order chi connectivity index (χ1) is 17.6. The Balaban J connectivity index is 1.51. The maximum atomic E-state index is 12.1. The summed E-state index contributed by atoms with van der Waals surface area (Å²) >= 11 is 0. The molecule has 0 spiro atoms. The zero-order valence-corrected chi connectivity index (χ0v) is 20.2. The van der Waals surface area contributed by atoms with Gasteiger partial charge >= 0.3 is 5.97 Å². The number of hydrogen-bond donors (Lipinski definition) is 1. The lowest BCUT2D eigenvalue weighted by Gasteiger charge is -2.13. The van der Waals surface area contributed by atoms with Crippen molar-refractivity contribution in [1.82, 2.24) is 0 Å². The molecule has 0 saturated carbocycles. The van der Waals surface area contributed by atoms with E-state index >= 15 is 0 Å². The summed E-state index contributed by atoms with van der Waals surface area (Å²) in [5, 5.41) is 1.81. The van der Waals surface area contributed by atoms with Crippen molar-refractivity contribution in [2.45, 2.75) is 26.5 Å². The molecule has 2 N–H and O–H groups in total. The van der Waals surface area contributed by atoms with E-state index in [9.17, 15) is 4.79 Å². The number of esters is 1. The second-order valence-electron chi connectivity index (χ2n) is 8.37. The molecule has 2 heterocycles. The number of benzene rings is 3. The molecule has 0 saturated heterocycles. The van der Waals surface area contributed by atoms with Crippen molar-refractivity contribution in [3.8, 4) is 22.6 Å². The highest BCUT2D eigenvalue weighted by molar-refractivity contribution is 6.10. The quantitative estimate of drug-likeness (QED) is 0.256. The van der Waals surface area contributed by atoms with Crippen LogP contribution in [0, 0.1) is 0 Å². The van der Waals surface area contributed by atoms with E-state index in [1.807, 2.05) is 30.3 Å². The summed E-state index contributed by atoms with van der Waals surface area (Å²) in [6.45, 7) is 2.80. The molecule has 184 valence electrons. The van der Waals surface area contributed by atoms with Crippen LogP contribution in [-0.4, -0.2) is 19.7 Å². The molecule has 0 fully saturated rings. The van der Waals surface area contributed by atoms with Gasteiger partial charge in [-0.15, -0.1) is 0 Å². The zero-order chi connectivity index (χ0) is 25.1. The number of nitrogens with two attached hydrogens (primary N) is 1. The minimum atomic E-state index is -0.312. The van der Waals surface area contributed by atoms with Crippen molar-refractivity contribution < 1.29 is 27.8 Å². The van der Waals surface area contributed by atoms with Gasteiger partial charge in [0.2, 0.25) is 0 Å². The summed E-state index contributed by atoms with van der Waals surface area (Å²) in [5.41, 5.74) is 11.9. The van der Waals surface area contributed by atoms with E-state index in [1.54, 1.807) is 38.7 Å². The van der Waals surface area contributed by atoms with Crippen LogP contribution in [0.15, 0.2) is 76.0 Å². The Morgan fingerprint density at radius 3 is 2.67 bits per heavy atom. The molecule has 0 aliphatic carbocycles. The Morgan fingerprint density at radius 2 is 1.86 bits per heavy atom. The molecule has 0 unspecified atom stereocenters. The van der Waals surface area contributed by atoms with E-state index in [-0.39, 0.29) is 19.0 Å². The van der Waals surface area contributed by atoms with Gasteiger partial charge < -0.3 is 28.8 Å². The molecule has 0 aliphatic rings. The Hall–Kier alpha value is -4.23. The molecule has 0 aliphatic heterocycles. The average molecular weight is 486 g/mol. The maximum absolute atomic E-state index is 12.1. The van der Waals surface area contributed by atoms with Gasteiger partial charge in [0.25, 0.3) is 0 Å². The Labute approximate surface area is 208 Å². The molecule has 0 atom stereocenters. The van der Waals surface area contributed by atoms with Gasteiger partial charge in [-0.25, -0.2) is 0 Å². The van der Waals surface area contributed by atoms with Crippen molar-refractivity contribution in [1.29, 1.82) is 0 Å². The Bertz CT molecular complexity index is 1530. The number of ether oxygens (including phenoxy) is 3. The van der Waals surface area contributed by atoms with Gasteiger partial charge in [-0.3, -0.25) is 4.79 Å². The molecule has 5 rings (SSSR count). The SMILES string of the molecule is CCOC(=O)Cc1ccc(OC)cc1OCc1coc2c1cc(-c1cccc(CN)c1)c1occc12. The van der Waals surface area contributed by atoms with Crippen LogP contribution in [0.4, 0.5) is 0 Å². The summed E-state index contributed by atoms with van der Waals surface area (Å²) in [7, 11) is 1.59. The molecular formula is C29H27NO6. The first kappa shape index (κ1) is 23.5. The van der Waals surface area contributed by atoms with Gasteiger partial charge in [-0.1, -0.05) is 24.3 Å². The zero-order valence-electron chi connectivity index (χ0n) is 20.2. The van der Waals surface area contributed by atoms with Crippen LogP contribution in [0.25, 0.3) is 33.1 Å². The van der Waals surface area contributed by atoms with E-state index in [1.165, 1.54) is 0 Å². The lowest BCUT2D eigenvalue weighted by Crippen LogP contribution is -2.09. The second-order valence-corrected chi connectivity index (χ2v) is 8.37. The third-order valence-electron chi connectivity index (χ3n) is 6.12. The molecule has 2 aromatic heterocycles. The van der Waals surface area contributed by atoms with Crippen LogP contribution < -0.4 is 15.2 Å². The fourth-order valence-electron chi connectivity index (χ4n) is 4.33. The monoisotopic (exact) mass is 485 g/mol. The minimum absolute atomic E-state index is 0.108. The van der Waals surface area contributed by atoms with Crippen LogP contribution in [0.1, 0.15) is 23.6 Å². The molecule has 3 aromatic carbocycles. The van der Waals surface area contributed by atoms with Crippen LogP contribution in [0.2, 0.25) is 0 Å². The first-order valence-electron chi connectivity index (χ1n) is 11.8. The highest BCUT2D eigenvalue weighted by atomic mass is 16.5. The van der Waals surface area contributed by atoms with Crippen molar-refractivity contribution in [2.75, 3.05) is 13.7 Å². The smallest absolute Gasteiger partial charge is 0.310 e. The maximum Gasteiger partial charge on any atom is 0.310 e. The van der Waals surface area contributed by atoms with Crippen LogP contribution >= 0.6 is 0 Å². The normalized spacial score (nSPS) is 11.2. The van der Waals surface area contributed by atoms with Gasteiger partial charge in [0.15, 0.2) is 0 Å². The van der Waals surface area contributed by atoms with E-state index in [2.05, 4.69) is 12.1 Å². The third kappa shape index (κ3) is 4.53. The minimum Gasteiger partial charge on any atom is -0.497 e. The molecule has 7 heteroatoms. The fraction of sp³-hybridized carbons (Fsp3) is 0.207. The van der Waals surface area contributed by atoms with Crippen LogP contribution in [0.5, 0.6) is 11.5 Å². The van der Waals surface area contributed by atoms with Gasteiger partial charge in [0.1, 0.15) is 29.3 Å². The summed E-state index contributed by atoms with van der Waals surface area (Å²) in [6.07, 6.45) is 3.47. The molecule has 0 bridgehead atoms. The van der Waals surface area contributed by atoms with Gasteiger partial charge in [0.05, 0.1) is 38.1 Å². The van der Waals surface area contributed by atoms with Crippen molar-refractivity contribution in [2.24, 2.45) is 5.73 Å². The van der Waals surface area contributed by atoms with Gasteiger partial charge in [-0.2, -0.15) is 0 Å². The summed E-state index contributed by atoms with van der Waals surface area (Å²) in [5.74, 6) is 0.877. The van der Waals surface area contributed by atoms with Crippen molar-refractivity contribution in [3.05, 3.63) is 83.8 Å². The van der Waals surface area contributed by atoms with E-state index in [4.69, 9.17) is 28.8 Å². The lowest BCUT2D eigenvalue weighted by molar-refractivity contribution is -0.142. The highest BCUT2D eigenvalue weighted by Gasteiger charge is 2.18. The number of hydrogen-bond acceptors (Lipinski definition) is 7. The Kier molecular flexibility index (Phi) is 6.64. The molecule has 36 heavy (non-hydrogen) atoms. The third-order valence-corrected chi connectivity index (χ3v) is 6.12. The number of carbonyl (C=O) groups excluding carboxylic acids is 1. The first-order valence-corrected chi connectivity index (χ1v) is 11.8. The second kappa shape index (κ2) is 10.2. The summed E-state index contributed by atoms with van der Waals surface area (Å²) < 4.78 is 28.5. The number of fused-ring (bicyclic) bond motifs is 3. The lowest BCUT2D eigenvalue weighted by atomic mass is 9.98. The van der Waals surface area contributed by atoms with E-state index < -0.39 is 0 Å². The molecule has 0 amide bonds. The van der Waals surface area contributed by atoms with Crippen LogP contribution in [0.3, 0.4) is 0 Å². The fourth-order valence-corrected chi connectivity index (χ4v) is 4.33. The summed E-state index contributed by atoms with van der Waals surface area (Å²) in [6, 6.07) is 17.4. The molecule has 0 radical (unpaired) electrons. The molecular weight excluding hydrogens is 458 g/mol. The largest absolute Gasteiger partial charge is 0.497 e.